The molecule has 3 N–H and O–H groups in total. The zero-order chi connectivity index (χ0) is 15.7. The highest BCUT2D eigenvalue weighted by Crippen LogP contribution is 2.33. The SMILES string of the molecule is Cc1cc(O)n(-c2ccc3c(O)cc(SOOO)cc3c2)n1. The van der Waals surface area contributed by atoms with Crippen molar-refractivity contribution in [1.29, 1.82) is 0 Å². The van der Waals surface area contributed by atoms with Gasteiger partial charge in [0.15, 0.2) is 0 Å². The van der Waals surface area contributed by atoms with Crippen LogP contribution in [0.1, 0.15) is 5.69 Å². The zero-order valence-electron chi connectivity index (χ0n) is 11.4. The van der Waals surface area contributed by atoms with Crippen LogP contribution in [0.5, 0.6) is 11.6 Å². The first-order chi connectivity index (χ1) is 10.6. The van der Waals surface area contributed by atoms with Crippen molar-refractivity contribution in [3.63, 3.8) is 0 Å². The summed E-state index contributed by atoms with van der Waals surface area (Å²) in [5.74, 6) is 0.0950. The molecule has 0 saturated heterocycles. The summed E-state index contributed by atoms with van der Waals surface area (Å²) in [4.78, 5) is 0.539. The van der Waals surface area contributed by atoms with Gasteiger partial charge in [-0.25, -0.2) is 9.94 Å². The largest absolute Gasteiger partial charge is 0.507 e. The van der Waals surface area contributed by atoms with Gasteiger partial charge in [-0.3, -0.25) is 0 Å². The van der Waals surface area contributed by atoms with Crippen molar-refractivity contribution in [1.82, 2.24) is 9.78 Å². The molecule has 3 aromatic rings. The van der Waals surface area contributed by atoms with Gasteiger partial charge in [0.1, 0.15) is 5.75 Å². The molecule has 0 atom stereocenters. The standard InChI is InChI=1S/C14H12N2O5S/c1-8-4-14(18)16(15-8)10-2-3-12-9(5-10)6-11(7-13(12)17)22-21-20-19/h2-7,17-19H,1H3. The maximum Gasteiger partial charge on any atom is 0.214 e. The Hall–Kier alpha value is -2.26. The highest BCUT2D eigenvalue weighted by Gasteiger charge is 2.10. The van der Waals surface area contributed by atoms with Crippen LogP contribution in [0.25, 0.3) is 16.5 Å². The summed E-state index contributed by atoms with van der Waals surface area (Å²) in [6.45, 7) is 1.78. The summed E-state index contributed by atoms with van der Waals surface area (Å²) in [7, 11) is 0. The van der Waals surface area contributed by atoms with Crippen LogP contribution >= 0.6 is 12.0 Å². The molecule has 0 bridgehead atoms. The fraction of sp³-hybridized carbons (Fsp3) is 0.0714. The van der Waals surface area contributed by atoms with Gasteiger partial charge < -0.3 is 10.2 Å². The minimum atomic E-state index is 0.0311. The molecule has 7 nitrogen and oxygen atoms in total. The Bertz CT molecular complexity index is 833. The maximum atomic E-state index is 10.0. The normalized spacial score (nSPS) is 11.2. The second-order valence-corrected chi connectivity index (χ2v) is 5.40. The number of aromatic hydroxyl groups is 2. The quantitative estimate of drug-likeness (QED) is 0.386. The zero-order valence-corrected chi connectivity index (χ0v) is 12.2. The number of hydrogen-bond donors (Lipinski definition) is 3. The molecule has 0 unspecified atom stereocenters. The van der Waals surface area contributed by atoms with Crippen molar-refractivity contribution in [3.05, 3.63) is 42.1 Å². The van der Waals surface area contributed by atoms with Gasteiger partial charge >= 0.3 is 0 Å². The second-order valence-electron chi connectivity index (χ2n) is 4.63. The summed E-state index contributed by atoms with van der Waals surface area (Å²) in [6.07, 6.45) is 0. The van der Waals surface area contributed by atoms with Gasteiger partial charge in [0.2, 0.25) is 5.88 Å². The molecule has 0 amide bonds. The Kier molecular flexibility index (Phi) is 3.90. The number of aryl methyl sites for hydroxylation is 1. The third-order valence-electron chi connectivity index (χ3n) is 3.11. The molecule has 1 aromatic heterocycles. The Morgan fingerprint density at radius 2 is 1.95 bits per heavy atom. The topological polar surface area (TPSA) is 97.0 Å². The molecular weight excluding hydrogens is 308 g/mol. The van der Waals surface area contributed by atoms with Crippen LogP contribution in [0.2, 0.25) is 0 Å². The summed E-state index contributed by atoms with van der Waals surface area (Å²) >= 11 is 0.754. The van der Waals surface area contributed by atoms with E-state index in [4.69, 9.17) is 5.26 Å². The molecule has 0 radical (unpaired) electrons. The summed E-state index contributed by atoms with van der Waals surface area (Å²) in [5, 5.41) is 37.2. The van der Waals surface area contributed by atoms with E-state index in [0.717, 1.165) is 12.0 Å². The number of hydrogen-bond acceptors (Lipinski definition) is 7. The van der Waals surface area contributed by atoms with E-state index in [9.17, 15) is 10.2 Å². The van der Waals surface area contributed by atoms with E-state index in [0.29, 0.717) is 27.0 Å². The van der Waals surface area contributed by atoms with Crippen LogP contribution in [-0.4, -0.2) is 25.3 Å². The lowest BCUT2D eigenvalue weighted by Gasteiger charge is -2.08. The molecule has 8 heteroatoms. The van der Waals surface area contributed by atoms with Crippen molar-refractivity contribution >= 4 is 22.8 Å². The van der Waals surface area contributed by atoms with E-state index in [2.05, 4.69) is 14.5 Å². The van der Waals surface area contributed by atoms with Crippen LogP contribution in [-0.2, 0) is 9.37 Å². The minimum Gasteiger partial charge on any atom is -0.507 e. The molecule has 0 spiro atoms. The van der Waals surface area contributed by atoms with Crippen molar-refractivity contribution in [2.24, 2.45) is 0 Å². The Labute approximate surface area is 129 Å². The first-order valence-corrected chi connectivity index (χ1v) is 7.00. The highest BCUT2D eigenvalue weighted by atomic mass is 32.2. The van der Waals surface area contributed by atoms with Crippen LogP contribution in [0.4, 0.5) is 0 Å². The Morgan fingerprint density at radius 1 is 1.14 bits per heavy atom. The average molecular weight is 320 g/mol. The van der Waals surface area contributed by atoms with Crippen LogP contribution < -0.4 is 0 Å². The van der Waals surface area contributed by atoms with E-state index < -0.39 is 0 Å². The van der Waals surface area contributed by atoms with Crippen molar-refractivity contribution in [2.75, 3.05) is 0 Å². The lowest BCUT2D eigenvalue weighted by molar-refractivity contribution is -0.432. The monoisotopic (exact) mass is 320 g/mol. The fourth-order valence-electron chi connectivity index (χ4n) is 2.22. The molecule has 2 aromatic carbocycles. The third kappa shape index (κ3) is 2.72. The van der Waals surface area contributed by atoms with Gasteiger partial charge in [0, 0.05) is 16.3 Å². The molecule has 114 valence electrons. The maximum absolute atomic E-state index is 10.0. The van der Waals surface area contributed by atoms with Gasteiger partial charge in [-0.2, -0.15) is 5.10 Å². The van der Waals surface area contributed by atoms with Gasteiger partial charge in [-0.1, -0.05) is 5.04 Å². The smallest absolute Gasteiger partial charge is 0.214 e. The molecule has 0 aliphatic rings. The highest BCUT2D eigenvalue weighted by molar-refractivity contribution is 7.94. The second kappa shape index (κ2) is 5.85. The van der Waals surface area contributed by atoms with Crippen molar-refractivity contribution < 1.29 is 24.8 Å². The first kappa shape index (κ1) is 14.7. The van der Waals surface area contributed by atoms with E-state index in [-0.39, 0.29) is 11.6 Å². The van der Waals surface area contributed by atoms with Gasteiger partial charge in [-0.05, 0) is 42.6 Å². The Balaban J connectivity index is 2.09. The summed E-state index contributed by atoms with van der Waals surface area (Å²) in [6, 6.07) is 10.0. The number of phenolic OH excluding ortho intramolecular Hbond substituents is 1. The molecule has 0 aliphatic carbocycles. The molecule has 1 heterocycles. The van der Waals surface area contributed by atoms with Crippen LogP contribution in [0, 0.1) is 6.92 Å². The van der Waals surface area contributed by atoms with Crippen LogP contribution in [0.15, 0.2) is 41.3 Å². The number of aromatic nitrogens is 2. The summed E-state index contributed by atoms with van der Waals surface area (Å²) < 4.78 is 5.77. The number of benzene rings is 2. The molecule has 0 fully saturated rings. The van der Waals surface area contributed by atoms with E-state index >= 15 is 0 Å². The minimum absolute atomic E-state index is 0.0311. The number of rotatable bonds is 4. The summed E-state index contributed by atoms with van der Waals surface area (Å²) in [5.41, 5.74) is 1.34. The first-order valence-electron chi connectivity index (χ1n) is 6.26. The molecule has 3 rings (SSSR count). The van der Waals surface area contributed by atoms with E-state index in [1.807, 2.05) is 0 Å². The van der Waals surface area contributed by atoms with Gasteiger partial charge in [0.05, 0.1) is 23.4 Å². The van der Waals surface area contributed by atoms with Crippen LogP contribution in [0.3, 0.4) is 0 Å². The molecule has 0 saturated carbocycles. The lowest BCUT2D eigenvalue weighted by atomic mass is 10.1. The fourth-order valence-corrected chi connectivity index (χ4v) is 2.66. The number of phenols is 1. The van der Waals surface area contributed by atoms with Gasteiger partial charge in [-0.15, -0.1) is 4.33 Å². The number of fused-ring (bicyclic) bond motifs is 1. The van der Waals surface area contributed by atoms with E-state index in [1.165, 1.54) is 10.7 Å². The lowest BCUT2D eigenvalue weighted by Crippen LogP contribution is -1.96. The molecular formula is C14H12N2O5S. The van der Waals surface area contributed by atoms with Crippen molar-refractivity contribution in [2.45, 2.75) is 11.8 Å². The van der Waals surface area contributed by atoms with Gasteiger partial charge in [0.25, 0.3) is 0 Å². The average Bonchev–Trinajstić information content (AvgIpc) is 2.83. The number of nitrogens with zero attached hydrogens (tertiary/aromatic N) is 2. The predicted molar refractivity (Wildman–Crippen MR) is 79.8 cm³/mol. The predicted octanol–water partition coefficient (Wildman–Crippen LogP) is 3.17. The van der Waals surface area contributed by atoms with E-state index in [1.54, 1.807) is 37.3 Å². The molecule has 0 aliphatic heterocycles. The third-order valence-corrected chi connectivity index (χ3v) is 3.66. The molecule has 22 heavy (non-hydrogen) atoms. The van der Waals surface area contributed by atoms with Crippen molar-refractivity contribution in [3.8, 4) is 17.3 Å². The Morgan fingerprint density at radius 3 is 2.64 bits per heavy atom.